The summed E-state index contributed by atoms with van der Waals surface area (Å²) >= 11 is 0. The van der Waals surface area contributed by atoms with Gasteiger partial charge in [-0.2, -0.15) is 0 Å². The van der Waals surface area contributed by atoms with E-state index in [9.17, 15) is 13.5 Å². The first-order chi connectivity index (χ1) is 11.5. The Balaban J connectivity index is 2.48. The van der Waals surface area contributed by atoms with Gasteiger partial charge in [0.25, 0.3) is 0 Å². The fourth-order valence-corrected chi connectivity index (χ4v) is 4.66. The van der Waals surface area contributed by atoms with Gasteiger partial charge >= 0.3 is 0 Å². The minimum absolute atomic E-state index is 0.126. The zero-order valence-corrected chi connectivity index (χ0v) is 16.2. The molecule has 5 heteroatoms. The number of rotatable bonds is 5. The predicted octanol–water partition coefficient (Wildman–Crippen LogP) is 4.68. The minimum Gasteiger partial charge on any atom is -0.507 e. The molecule has 25 heavy (non-hydrogen) atoms. The lowest BCUT2D eigenvalue weighted by Gasteiger charge is -2.16. The van der Waals surface area contributed by atoms with E-state index in [-0.39, 0.29) is 21.5 Å². The molecule has 0 aromatic heterocycles. The summed E-state index contributed by atoms with van der Waals surface area (Å²) in [5.74, 6) is 0.300. The van der Waals surface area contributed by atoms with Crippen LogP contribution in [0.4, 0.5) is 0 Å². The number of aryl methyl sites for hydroxylation is 3. The molecule has 2 rings (SSSR count). The molecule has 2 aromatic rings. The Morgan fingerprint density at radius 1 is 1.04 bits per heavy atom. The van der Waals surface area contributed by atoms with Crippen LogP contribution in [-0.2, 0) is 9.84 Å². The van der Waals surface area contributed by atoms with Gasteiger partial charge in [0, 0.05) is 5.71 Å². The highest BCUT2D eigenvalue weighted by atomic mass is 32.2. The topological polar surface area (TPSA) is 78.2 Å². The minimum atomic E-state index is -3.64. The first-order valence-corrected chi connectivity index (χ1v) is 9.72. The molecule has 0 saturated carbocycles. The van der Waals surface area contributed by atoms with E-state index in [4.69, 9.17) is 5.41 Å². The van der Waals surface area contributed by atoms with E-state index in [0.29, 0.717) is 23.3 Å². The van der Waals surface area contributed by atoms with E-state index in [1.165, 1.54) is 12.1 Å². The van der Waals surface area contributed by atoms with Crippen molar-refractivity contribution in [3.8, 4) is 5.75 Å². The third-order valence-electron chi connectivity index (χ3n) is 4.47. The Kier molecular flexibility index (Phi) is 5.37. The first kappa shape index (κ1) is 19.2. The SMILES string of the molecule is CC(=N)CC(C)c1ccc(S(=O)(=O)c2cc(C)c(O)c(C)c2)cc1C. The van der Waals surface area contributed by atoms with Gasteiger partial charge in [-0.3, -0.25) is 0 Å². The average molecular weight is 359 g/mol. The molecule has 0 aliphatic heterocycles. The van der Waals surface area contributed by atoms with Crippen LogP contribution in [0.3, 0.4) is 0 Å². The smallest absolute Gasteiger partial charge is 0.206 e. The van der Waals surface area contributed by atoms with Crippen LogP contribution < -0.4 is 0 Å². The summed E-state index contributed by atoms with van der Waals surface area (Å²) in [6, 6.07) is 8.17. The van der Waals surface area contributed by atoms with E-state index in [0.717, 1.165) is 11.1 Å². The molecule has 1 atom stereocenters. The fraction of sp³-hybridized carbons (Fsp3) is 0.350. The summed E-state index contributed by atoms with van der Waals surface area (Å²) in [6.45, 7) is 9.10. The van der Waals surface area contributed by atoms with Gasteiger partial charge in [0.2, 0.25) is 9.84 Å². The summed E-state index contributed by atoms with van der Waals surface area (Å²) in [6.07, 6.45) is 0.656. The molecule has 4 nitrogen and oxygen atoms in total. The van der Waals surface area contributed by atoms with Crippen LogP contribution in [0.1, 0.15) is 48.4 Å². The number of benzene rings is 2. The molecule has 1 unspecified atom stereocenters. The van der Waals surface area contributed by atoms with Crippen LogP contribution in [0.5, 0.6) is 5.75 Å². The number of aromatic hydroxyl groups is 1. The number of hydrogen-bond donors (Lipinski definition) is 2. The summed E-state index contributed by atoms with van der Waals surface area (Å²) < 4.78 is 25.9. The van der Waals surface area contributed by atoms with Crippen molar-refractivity contribution in [3.63, 3.8) is 0 Å². The molecule has 0 saturated heterocycles. The maximum Gasteiger partial charge on any atom is 0.206 e. The molecule has 0 bridgehead atoms. The summed E-state index contributed by atoms with van der Waals surface area (Å²) in [7, 11) is -3.64. The Bertz CT molecular complexity index is 907. The second-order valence-electron chi connectivity index (χ2n) is 6.81. The molecule has 0 heterocycles. The van der Waals surface area contributed by atoms with Gasteiger partial charge in [0.1, 0.15) is 5.75 Å². The van der Waals surface area contributed by atoms with Gasteiger partial charge in [-0.05, 0) is 86.6 Å². The summed E-state index contributed by atoms with van der Waals surface area (Å²) in [4.78, 5) is 0.438. The lowest BCUT2D eigenvalue weighted by Crippen LogP contribution is -2.06. The maximum atomic E-state index is 12.9. The molecule has 0 spiro atoms. The van der Waals surface area contributed by atoms with Crippen molar-refractivity contribution in [3.05, 3.63) is 52.6 Å². The lowest BCUT2D eigenvalue weighted by molar-refractivity contribution is 0.466. The monoisotopic (exact) mass is 359 g/mol. The Morgan fingerprint density at radius 3 is 2.04 bits per heavy atom. The van der Waals surface area contributed by atoms with Crippen LogP contribution in [-0.4, -0.2) is 19.2 Å². The zero-order chi connectivity index (χ0) is 18.9. The van der Waals surface area contributed by atoms with E-state index < -0.39 is 9.84 Å². The van der Waals surface area contributed by atoms with Gasteiger partial charge in [-0.15, -0.1) is 0 Å². The number of phenolic OH excluding ortho intramolecular Hbond substituents is 1. The van der Waals surface area contributed by atoms with Crippen molar-refractivity contribution >= 4 is 15.5 Å². The second-order valence-corrected chi connectivity index (χ2v) is 8.76. The first-order valence-electron chi connectivity index (χ1n) is 8.24. The molecule has 0 fully saturated rings. The fourth-order valence-electron chi connectivity index (χ4n) is 3.14. The zero-order valence-electron chi connectivity index (χ0n) is 15.3. The predicted molar refractivity (Wildman–Crippen MR) is 101 cm³/mol. The van der Waals surface area contributed by atoms with Gasteiger partial charge in [-0.25, -0.2) is 8.42 Å². The standard InChI is InChI=1S/C20H25NO3S/c1-12(8-16(5)21)19-7-6-17(9-13(19)2)25(23,24)18-10-14(3)20(22)15(4)11-18/h6-7,9-12,21-22H,8H2,1-5H3. The van der Waals surface area contributed by atoms with Crippen LogP contribution in [0, 0.1) is 26.2 Å². The van der Waals surface area contributed by atoms with Crippen LogP contribution >= 0.6 is 0 Å². The Hall–Kier alpha value is -2.14. The van der Waals surface area contributed by atoms with E-state index in [1.807, 2.05) is 19.9 Å². The van der Waals surface area contributed by atoms with Crippen LogP contribution in [0.25, 0.3) is 0 Å². The second kappa shape index (κ2) is 7.00. The van der Waals surface area contributed by atoms with Crippen molar-refractivity contribution < 1.29 is 13.5 Å². The van der Waals surface area contributed by atoms with E-state index in [2.05, 4.69) is 0 Å². The van der Waals surface area contributed by atoms with Crippen molar-refractivity contribution in [2.24, 2.45) is 0 Å². The highest BCUT2D eigenvalue weighted by molar-refractivity contribution is 7.91. The van der Waals surface area contributed by atoms with Crippen LogP contribution in [0.2, 0.25) is 0 Å². The molecule has 2 aromatic carbocycles. The van der Waals surface area contributed by atoms with Crippen LogP contribution in [0.15, 0.2) is 40.1 Å². The molecule has 0 amide bonds. The molecule has 0 aliphatic rings. The van der Waals surface area contributed by atoms with Crippen molar-refractivity contribution in [1.29, 1.82) is 5.41 Å². The van der Waals surface area contributed by atoms with Gasteiger partial charge in [0.05, 0.1) is 9.79 Å². The Morgan fingerprint density at radius 2 is 1.56 bits per heavy atom. The third-order valence-corrected chi connectivity index (χ3v) is 6.20. The molecule has 0 radical (unpaired) electrons. The number of hydrogen-bond acceptors (Lipinski definition) is 4. The normalized spacial score (nSPS) is 12.8. The van der Waals surface area contributed by atoms with Gasteiger partial charge in [-0.1, -0.05) is 13.0 Å². The molecule has 134 valence electrons. The summed E-state index contributed by atoms with van der Waals surface area (Å²) in [5, 5.41) is 17.5. The largest absolute Gasteiger partial charge is 0.507 e. The summed E-state index contributed by atoms with van der Waals surface area (Å²) in [5.41, 5.74) is 3.66. The average Bonchev–Trinajstić information content (AvgIpc) is 2.51. The Labute approximate surface area is 150 Å². The molecular formula is C20H25NO3S. The van der Waals surface area contributed by atoms with Crippen molar-refractivity contribution in [2.75, 3.05) is 0 Å². The van der Waals surface area contributed by atoms with E-state index >= 15 is 0 Å². The van der Waals surface area contributed by atoms with Crippen molar-refractivity contribution in [2.45, 2.75) is 56.7 Å². The maximum absolute atomic E-state index is 12.9. The van der Waals surface area contributed by atoms with Crippen molar-refractivity contribution in [1.82, 2.24) is 0 Å². The number of sulfone groups is 1. The molecule has 2 N–H and O–H groups in total. The molecule has 0 aliphatic carbocycles. The lowest BCUT2D eigenvalue weighted by atomic mass is 9.92. The van der Waals surface area contributed by atoms with Gasteiger partial charge in [0.15, 0.2) is 0 Å². The molecular weight excluding hydrogens is 334 g/mol. The highest BCUT2D eigenvalue weighted by Gasteiger charge is 2.21. The van der Waals surface area contributed by atoms with E-state index in [1.54, 1.807) is 32.9 Å². The van der Waals surface area contributed by atoms with Gasteiger partial charge < -0.3 is 10.5 Å². The highest BCUT2D eigenvalue weighted by Crippen LogP contribution is 2.31. The number of phenols is 1. The number of nitrogens with one attached hydrogen (secondary N) is 1. The quantitative estimate of drug-likeness (QED) is 0.761. The third kappa shape index (κ3) is 3.93.